The standard InChI is InChI=1S/C14H20ClN3O3S/c1-2-9-22(20,21)17-14(19)11-5-7-18(8-6-11)13-4-3-12(15)10-16-13/h3-4,10-11H,2,5-9H2,1H3,(H,17,19). The van der Waals surface area contributed by atoms with Crippen molar-refractivity contribution in [2.24, 2.45) is 5.92 Å². The third kappa shape index (κ3) is 4.58. The van der Waals surface area contributed by atoms with Crippen LogP contribution < -0.4 is 9.62 Å². The molecule has 0 unspecified atom stereocenters. The Hall–Kier alpha value is -1.34. The lowest BCUT2D eigenvalue weighted by Gasteiger charge is -2.32. The smallest absolute Gasteiger partial charge is 0.236 e. The zero-order valence-electron chi connectivity index (χ0n) is 12.5. The van der Waals surface area contributed by atoms with Gasteiger partial charge in [0.25, 0.3) is 0 Å². The second-order valence-corrected chi connectivity index (χ2v) is 7.66. The minimum Gasteiger partial charge on any atom is -0.357 e. The normalized spacial score (nSPS) is 16.5. The van der Waals surface area contributed by atoms with Gasteiger partial charge in [-0.05, 0) is 31.4 Å². The molecule has 0 bridgehead atoms. The van der Waals surface area contributed by atoms with Crippen LogP contribution in [0.25, 0.3) is 0 Å². The van der Waals surface area contributed by atoms with Crippen molar-refractivity contribution in [1.29, 1.82) is 0 Å². The Labute approximate surface area is 135 Å². The Morgan fingerprint density at radius 3 is 2.64 bits per heavy atom. The molecule has 1 aliphatic heterocycles. The number of piperidine rings is 1. The molecule has 1 N–H and O–H groups in total. The van der Waals surface area contributed by atoms with Crippen LogP contribution in [0.15, 0.2) is 18.3 Å². The summed E-state index contributed by atoms with van der Waals surface area (Å²) in [6, 6.07) is 3.62. The van der Waals surface area contributed by atoms with Crippen LogP contribution in [-0.4, -0.2) is 38.2 Å². The molecule has 0 spiro atoms. The van der Waals surface area contributed by atoms with E-state index in [0.29, 0.717) is 37.4 Å². The summed E-state index contributed by atoms with van der Waals surface area (Å²) >= 11 is 5.81. The molecule has 22 heavy (non-hydrogen) atoms. The third-order valence-electron chi connectivity index (χ3n) is 3.63. The predicted molar refractivity (Wildman–Crippen MR) is 86.4 cm³/mol. The van der Waals surface area contributed by atoms with Gasteiger partial charge in [-0.15, -0.1) is 0 Å². The number of halogens is 1. The van der Waals surface area contributed by atoms with E-state index in [1.807, 2.05) is 6.07 Å². The molecule has 2 heterocycles. The first-order valence-electron chi connectivity index (χ1n) is 7.32. The lowest BCUT2D eigenvalue weighted by Crippen LogP contribution is -2.43. The van der Waals surface area contributed by atoms with E-state index in [1.165, 1.54) is 0 Å². The molecular formula is C14H20ClN3O3S. The number of carbonyl (C=O) groups is 1. The Balaban J connectivity index is 1.89. The van der Waals surface area contributed by atoms with Gasteiger partial charge in [-0.25, -0.2) is 13.4 Å². The summed E-state index contributed by atoms with van der Waals surface area (Å²) < 4.78 is 25.4. The molecule has 1 aromatic rings. The van der Waals surface area contributed by atoms with Crippen LogP contribution in [0, 0.1) is 5.92 Å². The Bertz CT molecular complexity index is 611. The average Bonchev–Trinajstić information content (AvgIpc) is 2.47. The number of anilines is 1. The highest BCUT2D eigenvalue weighted by Gasteiger charge is 2.27. The van der Waals surface area contributed by atoms with Crippen molar-refractivity contribution in [1.82, 2.24) is 9.71 Å². The number of pyridine rings is 1. The Kier molecular flexibility index (Phi) is 5.63. The topological polar surface area (TPSA) is 79.4 Å². The molecule has 0 radical (unpaired) electrons. The van der Waals surface area contributed by atoms with Crippen LogP contribution in [0.1, 0.15) is 26.2 Å². The second kappa shape index (κ2) is 7.28. The van der Waals surface area contributed by atoms with Gasteiger partial charge in [0.15, 0.2) is 0 Å². The van der Waals surface area contributed by atoms with Crippen molar-refractivity contribution in [3.8, 4) is 0 Å². The van der Waals surface area contributed by atoms with Gasteiger partial charge in [0.2, 0.25) is 15.9 Å². The minimum absolute atomic E-state index is 0.0215. The summed E-state index contributed by atoms with van der Waals surface area (Å²) in [6.45, 7) is 3.10. The molecule has 1 amide bonds. The highest BCUT2D eigenvalue weighted by Crippen LogP contribution is 2.23. The van der Waals surface area contributed by atoms with Crippen LogP contribution in [0.5, 0.6) is 0 Å². The summed E-state index contributed by atoms with van der Waals surface area (Å²) in [5.74, 6) is 0.140. The molecule has 8 heteroatoms. The lowest BCUT2D eigenvalue weighted by atomic mass is 9.96. The van der Waals surface area contributed by atoms with Crippen LogP contribution in [-0.2, 0) is 14.8 Å². The Morgan fingerprint density at radius 2 is 2.09 bits per heavy atom. The maximum atomic E-state index is 12.0. The van der Waals surface area contributed by atoms with Crippen molar-refractivity contribution in [3.05, 3.63) is 23.4 Å². The quantitative estimate of drug-likeness (QED) is 0.880. The second-order valence-electron chi connectivity index (χ2n) is 5.38. The number of hydrogen-bond acceptors (Lipinski definition) is 5. The molecule has 0 aromatic carbocycles. The number of nitrogens with zero attached hydrogens (tertiary/aromatic N) is 2. The molecule has 0 aliphatic carbocycles. The van der Waals surface area contributed by atoms with E-state index < -0.39 is 15.9 Å². The molecule has 1 fully saturated rings. The summed E-state index contributed by atoms with van der Waals surface area (Å²) in [6.07, 6.45) is 3.30. The zero-order valence-corrected chi connectivity index (χ0v) is 14.0. The first-order chi connectivity index (χ1) is 10.4. The Morgan fingerprint density at radius 1 is 1.41 bits per heavy atom. The maximum Gasteiger partial charge on any atom is 0.236 e. The van der Waals surface area contributed by atoms with E-state index >= 15 is 0 Å². The van der Waals surface area contributed by atoms with Gasteiger partial charge < -0.3 is 4.90 Å². The number of rotatable bonds is 5. The van der Waals surface area contributed by atoms with Gasteiger partial charge in [0.1, 0.15) is 5.82 Å². The SMILES string of the molecule is CCCS(=O)(=O)NC(=O)C1CCN(c2ccc(Cl)cn2)CC1. The fraction of sp³-hybridized carbons (Fsp3) is 0.571. The highest BCUT2D eigenvalue weighted by molar-refractivity contribution is 7.90. The monoisotopic (exact) mass is 345 g/mol. The molecule has 0 atom stereocenters. The number of nitrogens with one attached hydrogen (secondary N) is 1. The number of sulfonamides is 1. The van der Waals surface area contributed by atoms with E-state index in [9.17, 15) is 13.2 Å². The maximum absolute atomic E-state index is 12.0. The predicted octanol–water partition coefficient (Wildman–Crippen LogP) is 1.81. The van der Waals surface area contributed by atoms with E-state index in [2.05, 4.69) is 14.6 Å². The van der Waals surface area contributed by atoms with E-state index in [1.54, 1.807) is 19.2 Å². The summed E-state index contributed by atoms with van der Waals surface area (Å²) in [5, 5.41) is 0.583. The van der Waals surface area contributed by atoms with Crippen LogP contribution in [0.3, 0.4) is 0 Å². The molecule has 2 rings (SSSR count). The summed E-state index contributed by atoms with van der Waals surface area (Å²) in [4.78, 5) is 18.4. The fourth-order valence-corrected chi connectivity index (χ4v) is 3.71. The minimum atomic E-state index is -3.49. The number of hydrogen-bond donors (Lipinski definition) is 1. The molecule has 1 aliphatic rings. The number of carbonyl (C=O) groups excluding carboxylic acids is 1. The van der Waals surface area contributed by atoms with Crippen LogP contribution in [0.4, 0.5) is 5.82 Å². The fourth-order valence-electron chi connectivity index (χ4n) is 2.48. The zero-order chi connectivity index (χ0) is 16.2. The molecule has 122 valence electrons. The summed E-state index contributed by atoms with van der Waals surface area (Å²) in [7, 11) is -3.49. The van der Waals surface area contributed by atoms with Crippen molar-refractivity contribution < 1.29 is 13.2 Å². The van der Waals surface area contributed by atoms with Crippen molar-refractivity contribution in [2.45, 2.75) is 26.2 Å². The lowest BCUT2D eigenvalue weighted by molar-refractivity contribution is -0.123. The van der Waals surface area contributed by atoms with Crippen molar-refractivity contribution in [3.63, 3.8) is 0 Å². The van der Waals surface area contributed by atoms with Gasteiger partial charge in [0.05, 0.1) is 10.8 Å². The van der Waals surface area contributed by atoms with Crippen molar-refractivity contribution >= 4 is 33.3 Å². The summed E-state index contributed by atoms with van der Waals surface area (Å²) in [5.41, 5.74) is 0. The first-order valence-corrected chi connectivity index (χ1v) is 9.35. The average molecular weight is 346 g/mol. The number of amides is 1. The van der Waals surface area contributed by atoms with Crippen molar-refractivity contribution in [2.75, 3.05) is 23.7 Å². The molecule has 1 saturated heterocycles. The van der Waals surface area contributed by atoms with Gasteiger partial charge in [-0.3, -0.25) is 9.52 Å². The highest BCUT2D eigenvalue weighted by atomic mass is 35.5. The van der Waals surface area contributed by atoms with E-state index in [4.69, 9.17) is 11.6 Å². The van der Waals surface area contributed by atoms with Gasteiger partial charge >= 0.3 is 0 Å². The van der Waals surface area contributed by atoms with Gasteiger partial charge in [-0.2, -0.15) is 0 Å². The van der Waals surface area contributed by atoms with Gasteiger partial charge in [0, 0.05) is 25.2 Å². The van der Waals surface area contributed by atoms with Crippen LogP contribution >= 0.6 is 11.6 Å². The van der Waals surface area contributed by atoms with Crippen LogP contribution in [0.2, 0.25) is 5.02 Å². The molecular weight excluding hydrogens is 326 g/mol. The number of aromatic nitrogens is 1. The van der Waals surface area contributed by atoms with E-state index in [-0.39, 0.29) is 11.7 Å². The molecule has 0 saturated carbocycles. The third-order valence-corrected chi connectivity index (χ3v) is 5.31. The first kappa shape index (κ1) is 17.0. The largest absolute Gasteiger partial charge is 0.357 e. The van der Waals surface area contributed by atoms with Gasteiger partial charge in [-0.1, -0.05) is 18.5 Å². The molecule has 6 nitrogen and oxygen atoms in total. The molecule has 1 aromatic heterocycles. The van der Waals surface area contributed by atoms with E-state index in [0.717, 1.165) is 5.82 Å².